The molecule has 4 nitrogen and oxygen atoms in total. The normalized spacial score (nSPS) is 13.9. The topological polar surface area (TPSA) is 39.7 Å². The highest BCUT2D eigenvalue weighted by atomic mass is 16.5. The molecule has 0 aromatic heterocycles. The first-order valence-electron chi connectivity index (χ1n) is 6.59. The molecule has 0 saturated carbocycles. The monoisotopic (exact) mass is 267 g/mol. The fourth-order valence-corrected chi connectivity index (χ4v) is 1.85. The molecule has 0 amide bonds. The molecule has 1 rings (SSSR count). The third-order valence-electron chi connectivity index (χ3n) is 3.40. The average molecular weight is 267 g/mol. The van der Waals surface area contributed by atoms with Crippen LogP contribution in [0.1, 0.15) is 19.4 Å². The van der Waals surface area contributed by atoms with Crippen LogP contribution < -0.4 is 14.8 Å². The summed E-state index contributed by atoms with van der Waals surface area (Å²) < 4.78 is 15.8. The molecule has 0 aliphatic heterocycles. The molecule has 1 aromatic carbocycles. The summed E-state index contributed by atoms with van der Waals surface area (Å²) in [6, 6.07) is 6.36. The number of methoxy groups -OCH3 is 3. The van der Waals surface area contributed by atoms with E-state index in [-0.39, 0.29) is 6.10 Å². The predicted octanol–water partition coefficient (Wildman–Crippen LogP) is 2.26. The van der Waals surface area contributed by atoms with E-state index in [4.69, 9.17) is 14.2 Å². The minimum atomic E-state index is 0.213. The van der Waals surface area contributed by atoms with Crippen LogP contribution in [0.3, 0.4) is 0 Å². The van der Waals surface area contributed by atoms with Crippen LogP contribution in [0.2, 0.25) is 0 Å². The third kappa shape index (κ3) is 4.73. The molecule has 19 heavy (non-hydrogen) atoms. The first-order valence-corrected chi connectivity index (χ1v) is 6.59. The minimum Gasteiger partial charge on any atom is -0.493 e. The standard InChI is InChI=1S/C15H25NO3/c1-11(12(2)17-3)16-9-8-13-6-7-14(18-4)15(10-13)19-5/h6-7,10-12,16H,8-9H2,1-5H3. The lowest BCUT2D eigenvalue weighted by atomic mass is 10.1. The first-order chi connectivity index (χ1) is 9.12. The largest absolute Gasteiger partial charge is 0.493 e. The zero-order valence-electron chi connectivity index (χ0n) is 12.5. The van der Waals surface area contributed by atoms with Gasteiger partial charge in [0.2, 0.25) is 0 Å². The molecule has 0 aliphatic rings. The van der Waals surface area contributed by atoms with E-state index in [1.54, 1.807) is 21.3 Å². The third-order valence-corrected chi connectivity index (χ3v) is 3.40. The van der Waals surface area contributed by atoms with Crippen LogP contribution in [0.5, 0.6) is 11.5 Å². The SMILES string of the molecule is COc1ccc(CCNC(C)C(C)OC)cc1OC. The molecule has 108 valence electrons. The van der Waals surface area contributed by atoms with E-state index in [0.29, 0.717) is 6.04 Å². The van der Waals surface area contributed by atoms with Crippen molar-refractivity contribution in [1.29, 1.82) is 0 Å². The van der Waals surface area contributed by atoms with Crippen molar-refractivity contribution in [1.82, 2.24) is 5.32 Å². The van der Waals surface area contributed by atoms with Gasteiger partial charge >= 0.3 is 0 Å². The zero-order chi connectivity index (χ0) is 14.3. The quantitative estimate of drug-likeness (QED) is 0.784. The first kappa shape index (κ1) is 15.8. The summed E-state index contributed by atoms with van der Waals surface area (Å²) in [5, 5.41) is 3.45. The van der Waals surface area contributed by atoms with Crippen molar-refractivity contribution in [2.75, 3.05) is 27.9 Å². The van der Waals surface area contributed by atoms with Gasteiger partial charge in [0.15, 0.2) is 11.5 Å². The second-order valence-electron chi connectivity index (χ2n) is 4.62. The number of nitrogens with one attached hydrogen (secondary N) is 1. The smallest absolute Gasteiger partial charge is 0.160 e. The molecule has 0 aliphatic carbocycles. The van der Waals surface area contributed by atoms with Gasteiger partial charge in [-0.05, 0) is 44.5 Å². The van der Waals surface area contributed by atoms with Crippen molar-refractivity contribution in [2.24, 2.45) is 0 Å². The number of ether oxygens (including phenoxy) is 3. The van der Waals surface area contributed by atoms with Gasteiger partial charge in [0.25, 0.3) is 0 Å². The number of benzene rings is 1. The van der Waals surface area contributed by atoms with E-state index in [9.17, 15) is 0 Å². The van der Waals surface area contributed by atoms with Crippen LogP contribution in [0.25, 0.3) is 0 Å². The van der Waals surface area contributed by atoms with E-state index < -0.39 is 0 Å². The summed E-state index contributed by atoms with van der Waals surface area (Å²) in [6.07, 6.45) is 1.16. The lowest BCUT2D eigenvalue weighted by Gasteiger charge is -2.20. The Labute approximate surface area is 116 Å². The fraction of sp³-hybridized carbons (Fsp3) is 0.600. The lowest BCUT2D eigenvalue weighted by molar-refractivity contribution is 0.0890. The Bertz CT molecular complexity index is 382. The summed E-state index contributed by atoms with van der Waals surface area (Å²) in [6.45, 7) is 5.10. The Morgan fingerprint density at radius 1 is 1.05 bits per heavy atom. The van der Waals surface area contributed by atoms with E-state index in [1.807, 2.05) is 12.1 Å². The van der Waals surface area contributed by atoms with Gasteiger partial charge in [0, 0.05) is 13.2 Å². The van der Waals surface area contributed by atoms with E-state index in [2.05, 4.69) is 25.2 Å². The highest BCUT2D eigenvalue weighted by Gasteiger charge is 2.10. The minimum absolute atomic E-state index is 0.213. The van der Waals surface area contributed by atoms with Crippen molar-refractivity contribution < 1.29 is 14.2 Å². The second kappa shape index (κ2) is 8.02. The maximum Gasteiger partial charge on any atom is 0.160 e. The summed E-state index contributed by atoms with van der Waals surface area (Å²) >= 11 is 0. The Kier molecular flexibility index (Phi) is 6.67. The molecule has 1 aromatic rings. The molecule has 0 spiro atoms. The highest BCUT2D eigenvalue weighted by molar-refractivity contribution is 5.42. The van der Waals surface area contributed by atoms with Crippen LogP contribution >= 0.6 is 0 Å². The summed E-state index contributed by atoms with van der Waals surface area (Å²) in [4.78, 5) is 0. The zero-order valence-corrected chi connectivity index (χ0v) is 12.5. The molecule has 0 bridgehead atoms. The Morgan fingerprint density at radius 3 is 2.32 bits per heavy atom. The molecular formula is C15H25NO3. The van der Waals surface area contributed by atoms with Gasteiger partial charge in [-0.1, -0.05) is 6.07 Å². The van der Waals surface area contributed by atoms with Crippen LogP contribution in [-0.4, -0.2) is 40.0 Å². The molecule has 0 saturated heterocycles. The molecule has 0 fully saturated rings. The van der Waals surface area contributed by atoms with Crippen molar-refractivity contribution in [3.8, 4) is 11.5 Å². The van der Waals surface area contributed by atoms with Gasteiger partial charge in [-0.3, -0.25) is 0 Å². The fourth-order valence-electron chi connectivity index (χ4n) is 1.85. The van der Waals surface area contributed by atoms with Gasteiger partial charge in [-0.2, -0.15) is 0 Å². The van der Waals surface area contributed by atoms with E-state index in [1.165, 1.54) is 5.56 Å². The Hall–Kier alpha value is -1.26. The molecule has 4 heteroatoms. The highest BCUT2D eigenvalue weighted by Crippen LogP contribution is 2.27. The Balaban J connectivity index is 2.50. The van der Waals surface area contributed by atoms with Crippen LogP contribution in [0, 0.1) is 0 Å². The van der Waals surface area contributed by atoms with Gasteiger partial charge in [-0.15, -0.1) is 0 Å². The molecule has 2 atom stereocenters. The van der Waals surface area contributed by atoms with E-state index in [0.717, 1.165) is 24.5 Å². The maximum absolute atomic E-state index is 5.29. The molecule has 2 unspecified atom stereocenters. The average Bonchev–Trinajstić information content (AvgIpc) is 2.45. The van der Waals surface area contributed by atoms with Crippen molar-refractivity contribution >= 4 is 0 Å². The predicted molar refractivity (Wildman–Crippen MR) is 77.2 cm³/mol. The summed E-state index contributed by atoms with van der Waals surface area (Å²) in [7, 11) is 5.03. The molecule has 0 heterocycles. The maximum atomic E-state index is 5.29. The van der Waals surface area contributed by atoms with Crippen molar-refractivity contribution in [3.05, 3.63) is 23.8 Å². The molecule has 0 radical (unpaired) electrons. The number of rotatable bonds is 8. The summed E-state index contributed by atoms with van der Waals surface area (Å²) in [5.41, 5.74) is 1.22. The molecule has 1 N–H and O–H groups in total. The van der Waals surface area contributed by atoms with E-state index >= 15 is 0 Å². The van der Waals surface area contributed by atoms with Crippen LogP contribution in [-0.2, 0) is 11.2 Å². The second-order valence-corrected chi connectivity index (χ2v) is 4.62. The van der Waals surface area contributed by atoms with Gasteiger partial charge in [-0.25, -0.2) is 0 Å². The van der Waals surface area contributed by atoms with Gasteiger partial charge in [0.05, 0.1) is 20.3 Å². The van der Waals surface area contributed by atoms with Crippen molar-refractivity contribution in [2.45, 2.75) is 32.4 Å². The molecular weight excluding hydrogens is 242 g/mol. The van der Waals surface area contributed by atoms with Crippen molar-refractivity contribution in [3.63, 3.8) is 0 Å². The number of hydrogen-bond acceptors (Lipinski definition) is 4. The van der Waals surface area contributed by atoms with Crippen LogP contribution in [0.4, 0.5) is 0 Å². The van der Waals surface area contributed by atoms with Gasteiger partial charge in [0.1, 0.15) is 0 Å². The lowest BCUT2D eigenvalue weighted by Crippen LogP contribution is -2.37. The van der Waals surface area contributed by atoms with Gasteiger partial charge < -0.3 is 19.5 Å². The number of hydrogen-bond donors (Lipinski definition) is 1. The Morgan fingerprint density at radius 2 is 1.74 bits per heavy atom. The van der Waals surface area contributed by atoms with Crippen LogP contribution in [0.15, 0.2) is 18.2 Å². The summed E-state index contributed by atoms with van der Waals surface area (Å²) in [5.74, 6) is 1.54.